The number of nitrogens with zero attached hydrogens (tertiary/aromatic N) is 1. The highest BCUT2D eigenvalue weighted by Crippen LogP contribution is 2.34. The van der Waals surface area contributed by atoms with Crippen LogP contribution in [-0.2, 0) is 0 Å². The Morgan fingerprint density at radius 2 is 1.78 bits per heavy atom. The Morgan fingerprint density at radius 1 is 1.06 bits per heavy atom. The van der Waals surface area contributed by atoms with Gasteiger partial charge in [-0.3, -0.25) is 0 Å². The molecule has 3 nitrogen and oxygen atoms in total. The second-order valence-corrected chi connectivity index (χ2v) is 4.59. The molecule has 0 aliphatic heterocycles. The van der Waals surface area contributed by atoms with Crippen LogP contribution >= 0.6 is 0 Å². The summed E-state index contributed by atoms with van der Waals surface area (Å²) in [4.78, 5) is 4.22. The van der Waals surface area contributed by atoms with Crippen LogP contribution in [0.5, 0.6) is 5.75 Å². The number of aromatic nitrogens is 1. The highest BCUT2D eigenvalue weighted by Gasteiger charge is 2.11. The molecule has 2 aromatic rings. The first-order chi connectivity index (χ1) is 8.52. The quantitative estimate of drug-likeness (QED) is 0.879. The maximum absolute atomic E-state index is 5.76. The van der Waals surface area contributed by atoms with E-state index in [0.717, 1.165) is 22.4 Å². The fraction of sp³-hybridized carbons (Fsp3) is 0.267. The van der Waals surface area contributed by atoms with Gasteiger partial charge in [-0.1, -0.05) is 6.07 Å². The van der Waals surface area contributed by atoms with Gasteiger partial charge in [-0.05, 0) is 49.6 Å². The van der Waals surface area contributed by atoms with Crippen LogP contribution in [0.4, 0.5) is 5.82 Å². The maximum atomic E-state index is 5.76. The average molecular weight is 242 g/mol. The summed E-state index contributed by atoms with van der Waals surface area (Å²) in [6.07, 6.45) is 1.79. The zero-order valence-corrected chi connectivity index (χ0v) is 11.2. The van der Waals surface area contributed by atoms with Gasteiger partial charge in [0.15, 0.2) is 0 Å². The van der Waals surface area contributed by atoms with Crippen LogP contribution in [0.3, 0.4) is 0 Å². The number of hydrogen-bond donors (Lipinski definition) is 1. The predicted octanol–water partition coefficient (Wildman–Crippen LogP) is 3.26. The van der Waals surface area contributed by atoms with Crippen molar-refractivity contribution in [2.24, 2.45) is 0 Å². The number of pyridine rings is 1. The van der Waals surface area contributed by atoms with Gasteiger partial charge in [0.2, 0.25) is 0 Å². The third-order valence-corrected chi connectivity index (χ3v) is 3.07. The van der Waals surface area contributed by atoms with E-state index in [4.69, 9.17) is 10.5 Å². The lowest BCUT2D eigenvalue weighted by Gasteiger charge is -2.14. The number of hydrogen-bond acceptors (Lipinski definition) is 3. The van der Waals surface area contributed by atoms with E-state index in [1.165, 1.54) is 11.1 Å². The summed E-state index contributed by atoms with van der Waals surface area (Å²) in [5, 5.41) is 0. The molecule has 1 heterocycles. The highest BCUT2D eigenvalue weighted by molar-refractivity contribution is 5.75. The van der Waals surface area contributed by atoms with Crippen LogP contribution < -0.4 is 10.5 Å². The van der Waals surface area contributed by atoms with Crippen LogP contribution in [0.25, 0.3) is 11.1 Å². The maximum Gasteiger partial charge on any atom is 0.127 e. The third-order valence-electron chi connectivity index (χ3n) is 3.07. The van der Waals surface area contributed by atoms with Crippen molar-refractivity contribution in [1.29, 1.82) is 0 Å². The normalized spacial score (nSPS) is 10.4. The molecule has 0 fully saturated rings. The molecule has 0 saturated carbocycles. The minimum absolute atomic E-state index is 0.572. The van der Waals surface area contributed by atoms with Gasteiger partial charge in [-0.15, -0.1) is 0 Å². The Labute approximate surface area is 108 Å². The Balaban J connectivity index is 2.66. The lowest BCUT2D eigenvalue weighted by atomic mass is 9.98. The molecule has 94 valence electrons. The van der Waals surface area contributed by atoms with Crippen molar-refractivity contribution in [2.75, 3.05) is 12.8 Å². The summed E-state index contributed by atoms with van der Waals surface area (Å²) in [5.41, 5.74) is 11.2. The number of benzene rings is 1. The van der Waals surface area contributed by atoms with Crippen molar-refractivity contribution in [1.82, 2.24) is 4.98 Å². The summed E-state index contributed by atoms with van der Waals surface area (Å²) in [6.45, 7) is 6.10. The fourth-order valence-electron chi connectivity index (χ4n) is 2.18. The smallest absolute Gasteiger partial charge is 0.127 e. The van der Waals surface area contributed by atoms with Crippen LogP contribution in [0, 0.1) is 20.8 Å². The van der Waals surface area contributed by atoms with Gasteiger partial charge in [0.1, 0.15) is 11.6 Å². The standard InChI is InChI=1S/C15H18N2O/c1-9-5-10(2)14(13(6-9)18-4)12-7-11(3)15(16)17-8-12/h5-8H,1-4H3,(H2,16,17). The fourth-order valence-corrected chi connectivity index (χ4v) is 2.18. The molecule has 0 unspecified atom stereocenters. The molecular formula is C15H18N2O. The largest absolute Gasteiger partial charge is 0.496 e. The summed E-state index contributed by atoms with van der Waals surface area (Å²) >= 11 is 0. The first kappa shape index (κ1) is 12.4. The molecule has 0 saturated heterocycles. The van der Waals surface area contributed by atoms with Crippen molar-refractivity contribution < 1.29 is 4.74 Å². The molecule has 0 aliphatic carbocycles. The van der Waals surface area contributed by atoms with Crippen LogP contribution in [0.15, 0.2) is 24.4 Å². The molecule has 0 bridgehead atoms. The van der Waals surface area contributed by atoms with E-state index in [0.29, 0.717) is 5.82 Å². The van der Waals surface area contributed by atoms with Crippen molar-refractivity contribution >= 4 is 5.82 Å². The lowest BCUT2D eigenvalue weighted by molar-refractivity contribution is 0.416. The van der Waals surface area contributed by atoms with Crippen molar-refractivity contribution in [2.45, 2.75) is 20.8 Å². The first-order valence-electron chi connectivity index (χ1n) is 5.90. The molecule has 0 amide bonds. The number of aryl methyl sites for hydroxylation is 3. The third kappa shape index (κ3) is 2.16. The second kappa shape index (κ2) is 4.69. The number of rotatable bonds is 2. The van der Waals surface area contributed by atoms with Gasteiger partial charge in [0.25, 0.3) is 0 Å². The second-order valence-electron chi connectivity index (χ2n) is 4.59. The Hall–Kier alpha value is -2.03. The average Bonchev–Trinajstić information content (AvgIpc) is 2.32. The van der Waals surface area contributed by atoms with Crippen molar-refractivity contribution in [3.05, 3.63) is 41.1 Å². The minimum atomic E-state index is 0.572. The molecule has 3 heteroatoms. The predicted molar refractivity (Wildman–Crippen MR) is 74.8 cm³/mol. The van der Waals surface area contributed by atoms with Crippen molar-refractivity contribution in [3.63, 3.8) is 0 Å². The van der Waals surface area contributed by atoms with E-state index in [-0.39, 0.29) is 0 Å². The molecule has 0 radical (unpaired) electrons. The number of anilines is 1. The first-order valence-corrected chi connectivity index (χ1v) is 5.90. The molecular weight excluding hydrogens is 224 g/mol. The molecule has 0 spiro atoms. The molecule has 2 rings (SSSR count). The minimum Gasteiger partial charge on any atom is -0.496 e. The molecule has 0 aliphatic rings. The van der Waals surface area contributed by atoms with E-state index in [9.17, 15) is 0 Å². The Morgan fingerprint density at radius 3 is 2.39 bits per heavy atom. The van der Waals surface area contributed by atoms with Gasteiger partial charge < -0.3 is 10.5 Å². The monoisotopic (exact) mass is 242 g/mol. The van der Waals surface area contributed by atoms with Crippen LogP contribution in [0.1, 0.15) is 16.7 Å². The van der Waals surface area contributed by atoms with Gasteiger partial charge in [-0.2, -0.15) is 0 Å². The summed E-state index contributed by atoms with van der Waals surface area (Å²) < 4.78 is 5.47. The Bertz CT molecular complexity index is 591. The SMILES string of the molecule is COc1cc(C)cc(C)c1-c1cnc(N)c(C)c1. The molecule has 1 aromatic heterocycles. The number of methoxy groups -OCH3 is 1. The van der Waals surface area contributed by atoms with Crippen LogP contribution in [0.2, 0.25) is 0 Å². The zero-order chi connectivity index (χ0) is 13.3. The van der Waals surface area contributed by atoms with E-state index in [1.54, 1.807) is 13.3 Å². The Kier molecular flexibility index (Phi) is 3.24. The van der Waals surface area contributed by atoms with Gasteiger partial charge in [-0.25, -0.2) is 4.98 Å². The van der Waals surface area contributed by atoms with E-state index >= 15 is 0 Å². The summed E-state index contributed by atoms with van der Waals surface area (Å²) in [5.74, 6) is 1.45. The van der Waals surface area contributed by atoms with E-state index in [2.05, 4.69) is 24.9 Å². The zero-order valence-electron chi connectivity index (χ0n) is 11.2. The van der Waals surface area contributed by atoms with E-state index in [1.807, 2.05) is 19.1 Å². The van der Waals surface area contributed by atoms with Gasteiger partial charge in [0.05, 0.1) is 7.11 Å². The summed E-state index contributed by atoms with van der Waals surface area (Å²) in [6, 6.07) is 6.22. The van der Waals surface area contributed by atoms with Crippen LogP contribution in [-0.4, -0.2) is 12.1 Å². The van der Waals surface area contributed by atoms with Gasteiger partial charge in [0, 0.05) is 17.3 Å². The van der Waals surface area contributed by atoms with Crippen molar-refractivity contribution in [3.8, 4) is 16.9 Å². The number of nitrogens with two attached hydrogens (primary N) is 1. The molecule has 2 N–H and O–H groups in total. The molecule has 18 heavy (non-hydrogen) atoms. The summed E-state index contributed by atoms with van der Waals surface area (Å²) in [7, 11) is 1.69. The van der Waals surface area contributed by atoms with E-state index < -0.39 is 0 Å². The topological polar surface area (TPSA) is 48.1 Å². The number of ether oxygens (including phenoxy) is 1. The molecule has 0 atom stereocenters. The number of nitrogen functional groups attached to an aromatic ring is 1. The molecule has 1 aromatic carbocycles. The highest BCUT2D eigenvalue weighted by atomic mass is 16.5. The lowest BCUT2D eigenvalue weighted by Crippen LogP contribution is -1.97. The van der Waals surface area contributed by atoms with Gasteiger partial charge >= 0.3 is 0 Å².